The van der Waals surface area contributed by atoms with E-state index in [-0.39, 0.29) is 5.41 Å². The molecule has 0 atom stereocenters. The zero-order chi connectivity index (χ0) is 27.4. The van der Waals surface area contributed by atoms with Crippen molar-refractivity contribution in [3.8, 4) is 17.1 Å². The summed E-state index contributed by atoms with van der Waals surface area (Å²) in [5, 5.41) is 18.5. The van der Waals surface area contributed by atoms with E-state index in [4.69, 9.17) is 15.9 Å². The molecule has 4 aromatic rings. The van der Waals surface area contributed by atoms with Gasteiger partial charge in [0.2, 0.25) is 0 Å². The molecule has 4 N–H and O–H groups in total. The number of aromatic amines is 1. The molecular formula is C31H40N6O. The lowest BCUT2D eigenvalue weighted by atomic mass is 9.92. The third kappa shape index (κ3) is 6.58. The van der Waals surface area contributed by atoms with Gasteiger partial charge in [0.15, 0.2) is 5.82 Å². The SMILES string of the molecule is CCN(CCOc1ccc2cc(C(=N)c3cc(-c4n[nH]c(CC(C)(C)C)n4)ccc3N)ccc2c1)C(C)C. The van der Waals surface area contributed by atoms with Gasteiger partial charge in [-0.05, 0) is 73.0 Å². The lowest BCUT2D eigenvalue weighted by Crippen LogP contribution is -2.34. The monoisotopic (exact) mass is 512 g/mol. The maximum absolute atomic E-state index is 8.94. The van der Waals surface area contributed by atoms with Gasteiger partial charge in [-0.3, -0.25) is 15.4 Å². The summed E-state index contributed by atoms with van der Waals surface area (Å²) in [7, 11) is 0. The van der Waals surface area contributed by atoms with Crippen LogP contribution in [-0.2, 0) is 6.42 Å². The minimum atomic E-state index is 0.109. The Morgan fingerprint density at radius 2 is 1.79 bits per heavy atom. The van der Waals surface area contributed by atoms with Crippen LogP contribution in [0.3, 0.4) is 0 Å². The maximum atomic E-state index is 8.94. The Morgan fingerprint density at radius 3 is 2.50 bits per heavy atom. The second-order valence-electron chi connectivity index (χ2n) is 11.3. The molecule has 7 nitrogen and oxygen atoms in total. The number of nitrogens with zero attached hydrogens (tertiary/aromatic N) is 3. The molecule has 0 bridgehead atoms. The molecule has 0 saturated carbocycles. The first-order valence-corrected chi connectivity index (χ1v) is 13.3. The van der Waals surface area contributed by atoms with Crippen LogP contribution < -0.4 is 10.5 Å². The number of hydrogen-bond donors (Lipinski definition) is 3. The Balaban J connectivity index is 1.51. The minimum Gasteiger partial charge on any atom is -0.492 e. The van der Waals surface area contributed by atoms with Crippen LogP contribution >= 0.6 is 0 Å². The van der Waals surface area contributed by atoms with Gasteiger partial charge in [0.1, 0.15) is 18.2 Å². The Bertz CT molecular complexity index is 1420. The molecule has 0 aliphatic rings. The van der Waals surface area contributed by atoms with E-state index in [9.17, 15) is 0 Å². The summed E-state index contributed by atoms with van der Waals surface area (Å²) in [6.45, 7) is 15.7. The molecule has 200 valence electrons. The zero-order valence-electron chi connectivity index (χ0n) is 23.4. The second kappa shape index (κ2) is 11.4. The predicted octanol–water partition coefficient (Wildman–Crippen LogP) is 6.32. The highest BCUT2D eigenvalue weighted by atomic mass is 16.5. The lowest BCUT2D eigenvalue weighted by molar-refractivity contribution is 0.183. The Kier molecular flexibility index (Phi) is 8.17. The van der Waals surface area contributed by atoms with E-state index < -0.39 is 0 Å². The van der Waals surface area contributed by atoms with Crippen LogP contribution in [0.2, 0.25) is 0 Å². The number of ether oxygens (including phenoxy) is 1. The van der Waals surface area contributed by atoms with Crippen LogP contribution in [0, 0.1) is 10.8 Å². The van der Waals surface area contributed by atoms with Gasteiger partial charge in [0.05, 0.1) is 5.71 Å². The number of aromatic nitrogens is 3. The molecule has 0 aliphatic carbocycles. The molecule has 0 unspecified atom stereocenters. The second-order valence-corrected chi connectivity index (χ2v) is 11.3. The Hall–Kier alpha value is -3.71. The number of likely N-dealkylation sites (N-methyl/N-ethyl adjacent to an activating group) is 1. The molecule has 7 heteroatoms. The summed E-state index contributed by atoms with van der Waals surface area (Å²) in [6, 6.07) is 18.3. The van der Waals surface area contributed by atoms with Gasteiger partial charge in [0, 0.05) is 41.4 Å². The lowest BCUT2D eigenvalue weighted by Gasteiger charge is -2.24. The summed E-state index contributed by atoms with van der Waals surface area (Å²) < 4.78 is 6.03. The summed E-state index contributed by atoms with van der Waals surface area (Å²) in [5.41, 5.74) is 9.63. The molecule has 0 saturated heterocycles. The fourth-order valence-corrected chi connectivity index (χ4v) is 4.60. The first kappa shape index (κ1) is 27.3. The molecule has 4 rings (SSSR count). The number of benzene rings is 3. The minimum absolute atomic E-state index is 0.109. The number of hydrogen-bond acceptors (Lipinski definition) is 6. The third-order valence-corrected chi connectivity index (χ3v) is 6.69. The Labute approximate surface area is 225 Å². The van der Waals surface area contributed by atoms with Crippen molar-refractivity contribution in [2.24, 2.45) is 5.41 Å². The molecular weight excluding hydrogens is 472 g/mol. The normalized spacial score (nSPS) is 12.0. The van der Waals surface area contributed by atoms with E-state index in [0.717, 1.165) is 53.0 Å². The quantitative estimate of drug-likeness (QED) is 0.170. The van der Waals surface area contributed by atoms with Crippen molar-refractivity contribution < 1.29 is 4.74 Å². The fraction of sp³-hybridized carbons (Fsp3) is 0.387. The number of nitrogens with one attached hydrogen (secondary N) is 2. The van der Waals surface area contributed by atoms with Crippen LogP contribution in [-0.4, -0.2) is 51.5 Å². The van der Waals surface area contributed by atoms with Gasteiger partial charge in [-0.25, -0.2) is 4.98 Å². The van der Waals surface area contributed by atoms with E-state index in [1.807, 2.05) is 48.5 Å². The van der Waals surface area contributed by atoms with E-state index in [1.165, 1.54) is 0 Å². The highest BCUT2D eigenvalue weighted by Gasteiger charge is 2.17. The first-order valence-electron chi connectivity index (χ1n) is 13.3. The van der Waals surface area contributed by atoms with E-state index >= 15 is 0 Å². The molecule has 0 spiro atoms. The van der Waals surface area contributed by atoms with Gasteiger partial charge in [-0.2, -0.15) is 5.10 Å². The highest BCUT2D eigenvalue weighted by Crippen LogP contribution is 2.27. The first-order chi connectivity index (χ1) is 18.0. The van der Waals surface area contributed by atoms with Crippen LogP contribution in [0.1, 0.15) is 58.5 Å². The van der Waals surface area contributed by atoms with Crippen molar-refractivity contribution in [2.75, 3.05) is 25.4 Å². The van der Waals surface area contributed by atoms with Crippen LogP contribution in [0.15, 0.2) is 54.6 Å². The number of nitrogens with two attached hydrogens (primary N) is 1. The molecule has 1 aromatic heterocycles. The van der Waals surface area contributed by atoms with Gasteiger partial charge < -0.3 is 10.5 Å². The standard InChI is InChI=1S/C31H40N6O/c1-7-37(20(2)3)14-15-38-25-12-10-21-16-23(9-8-22(21)17-25)29(33)26-18-24(11-13-27(26)32)30-34-28(35-36-30)19-31(4,5)6/h8-13,16-18,20,33H,7,14-15,19,32H2,1-6H3,(H,34,35,36). The van der Waals surface area contributed by atoms with Crippen LogP contribution in [0.4, 0.5) is 5.69 Å². The van der Waals surface area contributed by atoms with Crippen molar-refractivity contribution in [2.45, 2.75) is 54.0 Å². The average Bonchev–Trinajstić information content (AvgIpc) is 3.32. The van der Waals surface area contributed by atoms with Crippen molar-refractivity contribution in [3.05, 3.63) is 71.5 Å². The number of fused-ring (bicyclic) bond motifs is 1. The van der Waals surface area contributed by atoms with Gasteiger partial charge in [0.25, 0.3) is 0 Å². The highest BCUT2D eigenvalue weighted by molar-refractivity contribution is 6.15. The molecule has 1 heterocycles. The molecule has 3 aromatic carbocycles. The largest absolute Gasteiger partial charge is 0.492 e. The van der Waals surface area contributed by atoms with Gasteiger partial charge in [-0.15, -0.1) is 0 Å². The topological polar surface area (TPSA) is 104 Å². The number of nitrogen functional groups attached to an aromatic ring is 1. The molecule has 0 amide bonds. The Morgan fingerprint density at radius 1 is 1.05 bits per heavy atom. The van der Waals surface area contributed by atoms with Crippen LogP contribution in [0.5, 0.6) is 5.75 Å². The summed E-state index contributed by atoms with van der Waals surface area (Å²) in [6.07, 6.45) is 0.802. The third-order valence-electron chi connectivity index (χ3n) is 6.69. The van der Waals surface area contributed by atoms with E-state index in [1.54, 1.807) is 0 Å². The summed E-state index contributed by atoms with van der Waals surface area (Å²) in [4.78, 5) is 7.05. The maximum Gasteiger partial charge on any atom is 0.181 e. The van der Waals surface area contributed by atoms with E-state index in [2.05, 4.69) is 67.7 Å². The summed E-state index contributed by atoms with van der Waals surface area (Å²) >= 11 is 0. The number of H-pyrrole nitrogens is 1. The molecule has 0 aliphatic heterocycles. The number of anilines is 1. The number of rotatable bonds is 10. The van der Waals surface area contributed by atoms with E-state index in [0.29, 0.717) is 35.4 Å². The zero-order valence-corrected chi connectivity index (χ0v) is 23.4. The van der Waals surface area contributed by atoms with Crippen molar-refractivity contribution in [1.29, 1.82) is 5.41 Å². The van der Waals surface area contributed by atoms with Crippen molar-refractivity contribution >= 4 is 22.2 Å². The van der Waals surface area contributed by atoms with Crippen molar-refractivity contribution in [1.82, 2.24) is 20.1 Å². The molecule has 0 radical (unpaired) electrons. The van der Waals surface area contributed by atoms with Crippen molar-refractivity contribution in [3.63, 3.8) is 0 Å². The smallest absolute Gasteiger partial charge is 0.181 e. The summed E-state index contributed by atoms with van der Waals surface area (Å²) in [5.74, 6) is 2.32. The van der Waals surface area contributed by atoms with Gasteiger partial charge in [-0.1, -0.05) is 45.9 Å². The fourth-order valence-electron chi connectivity index (χ4n) is 4.60. The van der Waals surface area contributed by atoms with Gasteiger partial charge >= 0.3 is 0 Å². The average molecular weight is 513 g/mol. The predicted molar refractivity (Wildman–Crippen MR) is 157 cm³/mol. The molecule has 38 heavy (non-hydrogen) atoms. The van der Waals surface area contributed by atoms with Crippen LogP contribution in [0.25, 0.3) is 22.2 Å². The molecule has 0 fully saturated rings.